The van der Waals surface area contributed by atoms with E-state index in [0.717, 1.165) is 35.7 Å². The molecule has 2 aromatic carbocycles. The van der Waals surface area contributed by atoms with Gasteiger partial charge in [0.05, 0.1) is 12.0 Å². The van der Waals surface area contributed by atoms with Crippen LogP contribution in [0.1, 0.15) is 25.7 Å². The summed E-state index contributed by atoms with van der Waals surface area (Å²) in [7, 11) is 0. The van der Waals surface area contributed by atoms with Crippen LogP contribution in [0.4, 0.5) is 22.9 Å². The van der Waals surface area contributed by atoms with Gasteiger partial charge in [-0.3, -0.25) is 0 Å². The van der Waals surface area contributed by atoms with E-state index >= 15 is 0 Å². The molecule has 8 heteroatoms. The molecule has 0 radical (unpaired) electrons. The van der Waals surface area contributed by atoms with E-state index in [1.807, 2.05) is 53.9 Å². The van der Waals surface area contributed by atoms with E-state index in [1.165, 1.54) is 12.8 Å². The molecule has 34 heavy (non-hydrogen) atoms. The molecule has 0 spiro atoms. The molecule has 0 N–H and O–H groups in total. The van der Waals surface area contributed by atoms with E-state index in [1.54, 1.807) is 0 Å². The second-order valence-electron chi connectivity index (χ2n) is 8.70. The smallest absolute Gasteiger partial charge is 0.509 e. The topological polar surface area (TPSA) is 47.4 Å². The maximum absolute atomic E-state index is 6.14. The molecule has 7 nitrogen and oxygen atoms in total. The third kappa shape index (κ3) is 3.54. The summed E-state index contributed by atoms with van der Waals surface area (Å²) in [5.74, 6) is 2.24. The molecular formula is C26H22N6OPt. The van der Waals surface area contributed by atoms with Crippen LogP contribution in [0, 0.1) is 25.5 Å². The Kier molecular flexibility index (Phi) is 5.45. The number of rotatable bonds is 0. The molecule has 1 saturated carbocycles. The quantitative estimate of drug-likeness (QED) is 0.325. The first-order chi connectivity index (χ1) is 16.3. The van der Waals surface area contributed by atoms with Gasteiger partial charge in [0.1, 0.15) is 5.82 Å². The number of hydrogen-bond donors (Lipinski definition) is 0. The van der Waals surface area contributed by atoms with E-state index in [9.17, 15) is 0 Å². The van der Waals surface area contributed by atoms with Gasteiger partial charge in [-0.15, -0.1) is 55.4 Å². The average molecular weight is 630 g/mol. The Morgan fingerprint density at radius 2 is 1.65 bits per heavy atom. The third-order valence-corrected chi connectivity index (χ3v) is 6.73. The summed E-state index contributed by atoms with van der Waals surface area (Å²) < 4.78 is 6.14. The van der Waals surface area contributed by atoms with E-state index in [4.69, 9.17) is 9.72 Å². The van der Waals surface area contributed by atoms with Crippen LogP contribution in [-0.2, 0) is 21.1 Å². The first-order valence-electron chi connectivity index (χ1n) is 11.4. The van der Waals surface area contributed by atoms with Gasteiger partial charge < -0.3 is 24.4 Å². The van der Waals surface area contributed by atoms with Gasteiger partial charge in [0, 0.05) is 29.8 Å². The fourth-order valence-electron chi connectivity index (χ4n) is 5.20. The Hall–Kier alpha value is -3.05. The monoisotopic (exact) mass is 629 g/mol. The molecule has 0 amide bonds. The fourth-order valence-corrected chi connectivity index (χ4v) is 5.20. The van der Waals surface area contributed by atoms with Crippen molar-refractivity contribution in [2.75, 3.05) is 14.8 Å². The van der Waals surface area contributed by atoms with Crippen molar-refractivity contribution in [3.63, 3.8) is 0 Å². The fraction of sp³-hybridized carbons (Fsp3) is 0.231. The molecule has 1 aliphatic carbocycles. The van der Waals surface area contributed by atoms with Crippen LogP contribution in [0.3, 0.4) is 0 Å². The average Bonchev–Trinajstić information content (AvgIpc) is 3.50. The van der Waals surface area contributed by atoms with E-state index in [-0.39, 0.29) is 27.1 Å². The van der Waals surface area contributed by atoms with Gasteiger partial charge in [-0.05, 0) is 25.0 Å². The largest absolute Gasteiger partial charge is 4.00 e. The van der Waals surface area contributed by atoms with Gasteiger partial charge in [-0.25, -0.2) is 4.98 Å². The van der Waals surface area contributed by atoms with E-state index < -0.39 is 0 Å². The standard InChI is InChI=1S/C26H22N6O.Pt/c1-2-11-24-23(10-1)29-16-28-32(17-29)20-7-4-9-22(15-20)33-21-8-3-6-19(14-21)30-18-31(24)26-25(30)12-5-13-27-26;/h3-9,12-13,16-18,23-24H,1-2,10-11H2;/q-4;+4. The summed E-state index contributed by atoms with van der Waals surface area (Å²) in [6.07, 6.45) is 8.40. The molecule has 8 bridgehead atoms. The van der Waals surface area contributed by atoms with Crippen LogP contribution in [0.15, 0.2) is 59.8 Å². The van der Waals surface area contributed by atoms with Crippen LogP contribution in [0.25, 0.3) is 0 Å². The summed E-state index contributed by atoms with van der Waals surface area (Å²) in [5, 5.41) is 6.52. The Bertz CT molecular complexity index is 1240. The molecule has 3 aliphatic heterocycles. The molecule has 2 atom stereocenters. The van der Waals surface area contributed by atoms with Crippen LogP contribution in [0.5, 0.6) is 11.5 Å². The summed E-state index contributed by atoms with van der Waals surface area (Å²) >= 11 is 0. The molecule has 0 saturated heterocycles. The predicted molar refractivity (Wildman–Crippen MR) is 127 cm³/mol. The number of anilines is 4. The second-order valence-corrected chi connectivity index (χ2v) is 8.70. The zero-order valence-corrected chi connectivity index (χ0v) is 20.6. The van der Waals surface area contributed by atoms with Crippen LogP contribution in [0.2, 0.25) is 0 Å². The van der Waals surface area contributed by atoms with Crippen molar-refractivity contribution >= 4 is 29.2 Å². The Morgan fingerprint density at radius 3 is 2.50 bits per heavy atom. The Morgan fingerprint density at radius 1 is 0.882 bits per heavy atom. The first kappa shape index (κ1) is 21.5. The molecule has 4 aliphatic rings. The number of hydrogen-bond acceptors (Lipinski definition) is 7. The van der Waals surface area contributed by atoms with Crippen molar-refractivity contribution < 1.29 is 25.8 Å². The Balaban J connectivity index is 0.00000217. The molecule has 2 unspecified atom stereocenters. The molecule has 1 fully saturated rings. The maximum Gasteiger partial charge on any atom is 4.00 e. The third-order valence-electron chi connectivity index (χ3n) is 6.73. The van der Waals surface area contributed by atoms with Crippen LogP contribution < -0.4 is 19.5 Å². The molecular weight excluding hydrogens is 607 g/mol. The molecule has 4 heterocycles. The zero-order valence-electron chi connectivity index (χ0n) is 18.3. The van der Waals surface area contributed by atoms with Crippen molar-refractivity contribution in [2.24, 2.45) is 5.10 Å². The SMILES string of the molecule is [Pt+4].[c-]1c2cccc1N1[CH-]N(C=N1)C1CCCCC1N1[CH-]N(c3[c-]c(ccc3)O2)c2cccnc21. The van der Waals surface area contributed by atoms with Gasteiger partial charge in [0.15, 0.2) is 0 Å². The van der Waals surface area contributed by atoms with Crippen molar-refractivity contribution in [1.82, 2.24) is 9.88 Å². The van der Waals surface area contributed by atoms with E-state index in [0.29, 0.717) is 17.5 Å². The normalized spacial score (nSPS) is 22.2. The van der Waals surface area contributed by atoms with Crippen molar-refractivity contribution in [2.45, 2.75) is 37.8 Å². The molecule has 7 rings (SSSR count). The van der Waals surface area contributed by atoms with Crippen LogP contribution >= 0.6 is 0 Å². The Labute approximate surface area is 213 Å². The van der Waals surface area contributed by atoms with Crippen LogP contribution in [-0.4, -0.2) is 28.3 Å². The number of aromatic nitrogens is 1. The maximum atomic E-state index is 6.14. The van der Waals surface area contributed by atoms with Gasteiger partial charge in [0.25, 0.3) is 0 Å². The van der Waals surface area contributed by atoms with Gasteiger partial charge in [-0.1, -0.05) is 18.5 Å². The summed E-state index contributed by atoms with van der Waals surface area (Å²) in [4.78, 5) is 11.5. The van der Waals surface area contributed by atoms with Gasteiger partial charge in [-0.2, -0.15) is 17.2 Å². The first-order valence-corrected chi connectivity index (χ1v) is 11.4. The molecule has 1 aromatic heterocycles. The summed E-state index contributed by atoms with van der Waals surface area (Å²) in [5.41, 5.74) is 2.81. The minimum atomic E-state index is 0. The number of pyridine rings is 1. The number of benzene rings is 2. The number of nitrogens with zero attached hydrogens (tertiary/aromatic N) is 6. The van der Waals surface area contributed by atoms with E-state index in [2.05, 4.69) is 57.4 Å². The minimum absolute atomic E-state index is 0. The van der Waals surface area contributed by atoms with Gasteiger partial charge in [0.2, 0.25) is 0 Å². The minimum Gasteiger partial charge on any atom is -0.509 e. The van der Waals surface area contributed by atoms with Crippen molar-refractivity contribution in [3.05, 3.63) is 80.2 Å². The van der Waals surface area contributed by atoms with Gasteiger partial charge >= 0.3 is 21.1 Å². The number of fused-ring (bicyclic) bond motifs is 16. The summed E-state index contributed by atoms with van der Waals surface area (Å²) in [6, 6.07) is 23.3. The van der Waals surface area contributed by atoms with Crippen molar-refractivity contribution in [1.29, 1.82) is 0 Å². The predicted octanol–water partition coefficient (Wildman–Crippen LogP) is 5.06. The molecule has 172 valence electrons. The van der Waals surface area contributed by atoms with Crippen molar-refractivity contribution in [3.8, 4) is 11.5 Å². The second kappa shape index (κ2) is 8.62. The summed E-state index contributed by atoms with van der Waals surface area (Å²) in [6.45, 7) is 4.24. The number of hydrazone groups is 1. The zero-order chi connectivity index (χ0) is 21.8. The molecule has 3 aromatic rings. The number of ether oxygens (including phenoxy) is 1.